The van der Waals surface area contributed by atoms with Gasteiger partial charge in [0.1, 0.15) is 0 Å². The Morgan fingerprint density at radius 2 is 2.12 bits per heavy atom. The Hall–Kier alpha value is -1.13. The minimum atomic E-state index is 0.432. The molecule has 0 unspecified atom stereocenters. The molecule has 0 saturated heterocycles. The maximum absolute atomic E-state index is 10.7. The van der Waals surface area contributed by atoms with Crippen LogP contribution in [0.4, 0.5) is 0 Å². The monoisotopic (exact) mass is 312 g/mol. The number of nitrogens with zero attached hydrogens (tertiary/aromatic N) is 2. The Bertz CT molecular complexity index is 592. The number of carbonyl (C=O) groups excluding carboxylic acids is 1. The molecule has 17 heavy (non-hydrogen) atoms. The lowest BCUT2D eigenvalue weighted by atomic mass is 10.2. The molecule has 0 radical (unpaired) electrons. The number of carbonyl (C=O) groups is 1. The Kier molecular flexibility index (Phi) is 3.35. The van der Waals surface area contributed by atoms with E-state index in [4.69, 9.17) is 11.6 Å². The fourth-order valence-electron chi connectivity index (χ4n) is 1.62. The highest BCUT2D eigenvalue weighted by Crippen LogP contribution is 2.25. The summed E-state index contributed by atoms with van der Waals surface area (Å²) in [5.74, 6) is 0. The van der Waals surface area contributed by atoms with Gasteiger partial charge < -0.3 is 0 Å². The van der Waals surface area contributed by atoms with E-state index in [1.54, 1.807) is 16.8 Å². The van der Waals surface area contributed by atoms with Gasteiger partial charge in [-0.15, -0.1) is 0 Å². The molecule has 2 rings (SSSR count). The topological polar surface area (TPSA) is 34.9 Å². The van der Waals surface area contributed by atoms with Crippen molar-refractivity contribution in [3.63, 3.8) is 0 Å². The molecular weight excluding hydrogens is 304 g/mol. The number of aldehydes is 1. The van der Waals surface area contributed by atoms with Crippen LogP contribution in [0.15, 0.2) is 22.7 Å². The highest BCUT2D eigenvalue weighted by molar-refractivity contribution is 9.10. The molecule has 0 amide bonds. The van der Waals surface area contributed by atoms with Crippen molar-refractivity contribution in [2.24, 2.45) is 0 Å². The van der Waals surface area contributed by atoms with Gasteiger partial charge in [0, 0.05) is 5.56 Å². The summed E-state index contributed by atoms with van der Waals surface area (Å²) in [4.78, 5) is 10.7. The van der Waals surface area contributed by atoms with Crippen LogP contribution in [-0.2, 0) is 0 Å². The summed E-state index contributed by atoms with van der Waals surface area (Å²) in [6.07, 6.45) is 0.739. The average molecular weight is 314 g/mol. The Morgan fingerprint density at radius 3 is 2.59 bits per heavy atom. The Labute approximate surface area is 113 Å². The van der Waals surface area contributed by atoms with Gasteiger partial charge in [0.2, 0.25) is 0 Å². The van der Waals surface area contributed by atoms with E-state index in [2.05, 4.69) is 21.0 Å². The van der Waals surface area contributed by atoms with E-state index in [0.29, 0.717) is 10.6 Å². The molecule has 1 aromatic carbocycles. The lowest BCUT2D eigenvalue weighted by Gasteiger charge is -2.05. The second-order valence-corrected chi connectivity index (χ2v) is 4.92. The molecule has 0 spiro atoms. The molecule has 0 bridgehead atoms. The van der Waals surface area contributed by atoms with Gasteiger partial charge in [0.25, 0.3) is 0 Å². The van der Waals surface area contributed by atoms with Crippen LogP contribution in [0, 0.1) is 13.8 Å². The molecule has 2 aromatic rings. The number of hydrogen-bond acceptors (Lipinski definition) is 2. The second-order valence-electron chi connectivity index (χ2n) is 3.72. The minimum absolute atomic E-state index is 0.432. The molecule has 0 aliphatic carbocycles. The second kappa shape index (κ2) is 4.63. The molecule has 0 saturated carbocycles. The van der Waals surface area contributed by atoms with Gasteiger partial charge in [0.05, 0.1) is 26.6 Å². The fourth-order valence-corrected chi connectivity index (χ4v) is 2.09. The summed E-state index contributed by atoms with van der Waals surface area (Å²) in [5, 5.41) is 4.83. The average Bonchev–Trinajstić information content (AvgIpc) is 2.57. The van der Waals surface area contributed by atoms with Gasteiger partial charge in [-0.05, 0) is 48.0 Å². The van der Waals surface area contributed by atoms with Crippen molar-refractivity contribution in [1.82, 2.24) is 9.78 Å². The van der Waals surface area contributed by atoms with Crippen LogP contribution < -0.4 is 0 Å². The molecule has 88 valence electrons. The summed E-state index contributed by atoms with van der Waals surface area (Å²) in [5.41, 5.74) is 3.23. The van der Waals surface area contributed by atoms with Crippen molar-refractivity contribution in [2.75, 3.05) is 0 Å². The molecule has 5 heteroatoms. The highest BCUT2D eigenvalue weighted by Gasteiger charge is 2.11. The first kappa shape index (κ1) is 12.3. The third-order valence-electron chi connectivity index (χ3n) is 2.56. The van der Waals surface area contributed by atoms with Crippen molar-refractivity contribution in [3.8, 4) is 5.69 Å². The third-order valence-corrected chi connectivity index (χ3v) is 4.03. The first-order chi connectivity index (χ1) is 8.04. The van der Waals surface area contributed by atoms with E-state index in [9.17, 15) is 4.79 Å². The quantitative estimate of drug-likeness (QED) is 0.792. The molecule has 0 aliphatic heterocycles. The van der Waals surface area contributed by atoms with Crippen molar-refractivity contribution in [1.29, 1.82) is 0 Å². The molecule has 1 heterocycles. The summed E-state index contributed by atoms with van der Waals surface area (Å²) >= 11 is 9.47. The zero-order chi connectivity index (χ0) is 12.6. The summed E-state index contributed by atoms with van der Waals surface area (Å²) < 4.78 is 2.77. The van der Waals surface area contributed by atoms with Crippen LogP contribution in [0.25, 0.3) is 5.69 Å². The summed E-state index contributed by atoms with van der Waals surface area (Å²) in [6, 6.07) is 5.24. The van der Waals surface area contributed by atoms with Crippen molar-refractivity contribution >= 4 is 33.8 Å². The van der Waals surface area contributed by atoms with E-state index < -0.39 is 0 Å². The molecule has 0 aliphatic rings. The maximum Gasteiger partial charge on any atom is 0.151 e. The zero-order valence-corrected chi connectivity index (χ0v) is 11.7. The van der Waals surface area contributed by atoms with E-state index in [-0.39, 0.29) is 0 Å². The van der Waals surface area contributed by atoms with Gasteiger partial charge in [-0.2, -0.15) is 5.10 Å². The predicted molar refractivity (Wildman–Crippen MR) is 71.1 cm³/mol. The number of aryl methyl sites for hydroxylation is 1. The molecule has 1 aromatic heterocycles. The van der Waals surface area contributed by atoms with Gasteiger partial charge in [0.15, 0.2) is 6.29 Å². The van der Waals surface area contributed by atoms with Gasteiger partial charge in [-0.1, -0.05) is 11.6 Å². The standard InChI is InChI=1S/C12H10BrClN2O/c1-7-12(13)8(2)16(15-7)10-4-3-9(6-17)11(14)5-10/h3-6H,1-2H3. The summed E-state index contributed by atoms with van der Waals surface area (Å²) in [7, 11) is 0. The Morgan fingerprint density at radius 1 is 1.41 bits per heavy atom. The van der Waals surface area contributed by atoms with Crippen molar-refractivity contribution in [2.45, 2.75) is 13.8 Å². The molecular formula is C12H10BrClN2O. The fraction of sp³-hybridized carbons (Fsp3) is 0.167. The molecule has 0 atom stereocenters. The van der Waals surface area contributed by atoms with E-state index in [1.165, 1.54) is 0 Å². The van der Waals surface area contributed by atoms with E-state index in [1.807, 2.05) is 19.9 Å². The SMILES string of the molecule is Cc1nn(-c2ccc(C=O)c(Cl)c2)c(C)c1Br. The third kappa shape index (κ3) is 2.15. The van der Waals surface area contributed by atoms with E-state index >= 15 is 0 Å². The lowest BCUT2D eigenvalue weighted by Crippen LogP contribution is -1.99. The highest BCUT2D eigenvalue weighted by atomic mass is 79.9. The van der Waals surface area contributed by atoms with Crippen molar-refractivity contribution < 1.29 is 4.79 Å². The van der Waals surface area contributed by atoms with Crippen LogP contribution in [0.3, 0.4) is 0 Å². The number of rotatable bonds is 2. The van der Waals surface area contributed by atoms with Crippen LogP contribution in [-0.4, -0.2) is 16.1 Å². The van der Waals surface area contributed by atoms with E-state index in [0.717, 1.165) is 27.8 Å². The lowest BCUT2D eigenvalue weighted by molar-refractivity contribution is 0.112. The molecule has 0 fully saturated rings. The molecule has 3 nitrogen and oxygen atoms in total. The zero-order valence-electron chi connectivity index (χ0n) is 9.37. The predicted octanol–water partition coefficient (Wildman–Crippen LogP) is 3.72. The van der Waals surface area contributed by atoms with Crippen molar-refractivity contribution in [3.05, 3.63) is 44.6 Å². The van der Waals surface area contributed by atoms with Gasteiger partial charge >= 0.3 is 0 Å². The van der Waals surface area contributed by atoms with Crippen LogP contribution in [0.2, 0.25) is 5.02 Å². The number of benzene rings is 1. The summed E-state index contributed by atoms with van der Waals surface area (Å²) in [6.45, 7) is 3.89. The number of hydrogen-bond donors (Lipinski definition) is 0. The minimum Gasteiger partial charge on any atom is -0.298 e. The van der Waals surface area contributed by atoms with Crippen LogP contribution in [0.5, 0.6) is 0 Å². The largest absolute Gasteiger partial charge is 0.298 e. The van der Waals surface area contributed by atoms with Gasteiger partial charge in [-0.3, -0.25) is 4.79 Å². The normalized spacial score (nSPS) is 10.6. The number of aromatic nitrogens is 2. The maximum atomic E-state index is 10.7. The van der Waals surface area contributed by atoms with Crippen LogP contribution >= 0.6 is 27.5 Å². The van der Waals surface area contributed by atoms with Gasteiger partial charge in [-0.25, -0.2) is 4.68 Å². The number of halogens is 2. The van der Waals surface area contributed by atoms with Crippen LogP contribution in [0.1, 0.15) is 21.7 Å². The Balaban J connectivity index is 2.57. The first-order valence-electron chi connectivity index (χ1n) is 5.01. The molecule has 0 N–H and O–H groups in total. The first-order valence-corrected chi connectivity index (χ1v) is 6.18. The smallest absolute Gasteiger partial charge is 0.151 e.